The number of anilines is 1. The molecule has 108 valence electrons. The fraction of sp³-hybridized carbons (Fsp3) is 0.714. The highest BCUT2D eigenvalue weighted by Crippen LogP contribution is 2.21. The van der Waals surface area contributed by atoms with Crippen molar-refractivity contribution in [1.82, 2.24) is 10.3 Å². The molecule has 0 aliphatic carbocycles. The summed E-state index contributed by atoms with van der Waals surface area (Å²) in [5.41, 5.74) is 1.36. The third-order valence-electron chi connectivity index (χ3n) is 2.82. The highest BCUT2D eigenvalue weighted by molar-refractivity contribution is 7.14. The molecule has 0 spiro atoms. The molecule has 1 aromatic rings. The Morgan fingerprint density at radius 1 is 1.47 bits per heavy atom. The molecule has 0 bridgehead atoms. The highest BCUT2D eigenvalue weighted by Gasteiger charge is 2.13. The van der Waals surface area contributed by atoms with Crippen molar-refractivity contribution in [2.75, 3.05) is 18.0 Å². The number of thiazole rings is 1. The van der Waals surface area contributed by atoms with Gasteiger partial charge >= 0.3 is 0 Å². The molecular weight excluding hydrogens is 258 g/mol. The molecule has 0 saturated heterocycles. The smallest absolute Gasteiger partial charge is 0.225 e. The van der Waals surface area contributed by atoms with Gasteiger partial charge in [0.25, 0.3) is 0 Å². The second kappa shape index (κ2) is 7.01. The third-order valence-corrected chi connectivity index (χ3v) is 3.74. The summed E-state index contributed by atoms with van der Waals surface area (Å²) in [5.74, 6) is 0.0455. The van der Waals surface area contributed by atoms with Crippen molar-refractivity contribution in [2.45, 2.75) is 47.6 Å². The zero-order valence-corrected chi connectivity index (χ0v) is 13.4. The third kappa shape index (κ3) is 5.70. The number of nitrogens with zero attached hydrogens (tertiary/aromatic N) is 2. The molecule has 19 heavy (non-hydrogen) atoms. The van der Waals surface area contributed by atoms with Gasteiger partial charge in [0.05, 0.1) is 5.69 Å². The molecule has 0 aliphatic heterocycles. The van der Waals surface area contributed by atoms with Crippen LogP contribution in [0.4, 0.5) is 5.13 Å². The predicted molar refractivity (Wildman–Crippen MR) is 81.6 cm³/mol. The topological polar surface area (TPSA) is 45.2 Å². The molecule has 0 aliphatic rings. The van der Waals surface area contributed by atoms with Crippen LogP contribution in [0.15, 0.2) is 5.38 Å². The molecular formula is C14H25N3OS. The molecule has 5 heteroatoms. The molecule has 1 N–H and O–H groups in total. The van der Waals surface area contributed by atoms with Crippen LogP contribution in [0.1, 0.15) is 46.7 Å². The van der Waals surface area contributed by atoms with Crippen LogP contribution in [-0.2, 0) is 11.3 Å². The summed E-state index contributed by atoms with van der Waals surface area (Å²) in [6.45, 7) is 12.7. The van der Waals surface area contributed by atoms with Gasteiger partial charge in [-0.3, -0.25) is 9.69 Å². The number of carbonyl (C=O) groups excluding carboxylic acids is 1. The molecule has 0 fully saturated rings. The first-order chi connectivity index (χ1) is 8.83. The monoisotopic (exact) mass is 283 g/mol. The Morgan fingerprint density at radius 3 is 2.68 bits per heavy atom. The van der Waals surface area contributed by atoms with Crippen molar-refractivity contribution in [3.05, 3.63) is 11.1 Å². The molecule has 1 rings (SSSR count). The molecule has 0 atom stereocenters. The van der Waals surface area contributed by atoms with Gasteiger partial charge in [-0.2, -0.15) is 0 Å². The van der Waals surface area contributed by atoms with E-state index in [0.717, 1.165) is 30.3 Å². The van der Waals surface area contributed by atoms with E-state index < -0.39 is 0 Å². The number of carbonyl (C=O) groups is 1. The standard InChI is InChI=1S/C14H25N3OS/c1-6-17(11(2)18)13-16-12(10-19-13)9-15-8-7-14(3,4)5/h10,15H,6-9H2,1-5H3. The quantitative estimate of drug-likeness (QED) is 0.816. The summed E-state index contributed by atoms with van der Waals surface area (Å²) >= 11 is 1.53. The largest absolute Gasteiger partial charge is 0.311 e. The van der Waals surface area contributed by atoms with Gasteiger partial charge in [0, 0.05) is 25.4 Å². The van der Waals surface area contributed by atoms with Gasteiger partial charge in [-0.15, -0.1) is 11.3 Å². The van der Waals surface area contributed by atoms with E-state index in [2.05, 4.69) is 31.1 Å². The van der Waals surface area contributed by atoms with Crippen molar-refractivity contribution < 1.29 is 4.79 Å². The van der Waals surface area contributed by atoms with Crippen LogP contribution < -0.4 is 10.2 Å². The van der Waals surface area contributed by atoms with E-state index in [-0.39, 0.29) is 5.91 Å². The molecule has 0 radical (unpaired) electrons. The first-order valence-electron chi connectivity index (χ1n) is 6.76. The molecule has 1 heterocycles. The van der Waals surface area contributed by atoms with Crippen molar-refractivity contribution in [3.8, 4) is 0 Å². The number of aromatic nitrogens is 1. The van der Waals surface area contributed by atoms with Gasteiger partial charge in [-0.05, 0) is 25.3 Å². The molecule has 0 saturated carbocycles. The van der Waals surface area contributed by atoms with Crippen LogP contribution in [0.3, 0.4) is 0 Å². The Labute approximate surface area is 120 Å². The van der Waals surface area contributed by atoms with Gasteiger partial charge in [0.15, 0.2) is 5.13 Å². The average Bonchev–Trinajstić information content (AvgIpc) is 2.72. The van der Waals surface area contributed by atoms with E-state index in [1.807, 2.05) is 12.3 Å². The van der Waals surface area contributed by atoms with Crippen molar-refractivity contribution >= 4 is 22.4 Å². The Kier molecular flexibility index (Phi) is 5.94. The molecule has 4 nitrogen and oxygen atoms in total. The van der Waals surface area contributed by atoms with Gasteiger partial charge in [0.1, 0.15) is 0 Å². The number of rotatable bonds is 6. The van der Waals surface area contributed by atoms with Crippen LogP contribution in [0.25, 0.3) is 0 Å². The second-order valence-corrected chi connectivity index (χ2v) is 6.71. The molecule has 0 unspecified atom stereocenters. The maximum Gasteiger partial charge on any atom is 0.225 e. The first kappa shape index (κ1) is 16.1. The van der Waals surface area contributed by atoms with E-state index >= 15 is 0 Å². The molecule has 0 aromatic carbocycles. The average molecular weight is 283 g/mol. The fourth-order valence-corrected chi connectivity index (χ4v) is 2.61. The van der Waals surface area contributed by atoms with Crippen molar-refractivity contribution in [3.63, 3.8) is 0 Å². The predicted octanol–water partition coefficient (Wildman–Crippen LogP) is 3.04. The summed E-state index contributed by atoms with van der Waals surface area (Å²) in [4.78, 5) is 17.6. The van der Waals surface area contributed by atoms with E-state index in [4.69, 9.17) is 0 Å². The second-order valence-electron chi connectivity index (χ2n) is 5.87. The Hall–Kier alpha value is -0.940. The Balaban J connectivity index is 2.45. The van der Waals surface area contributed by atoms with E-state index in [9.17, 15) is 4.79 Å². The highest BCUT2D eigenvalue weighted by atomic mass is 32.1. The van der Waals surface area contributed by atoms with Gasteiger partial charge < -0.3 is 5.32 Å². The summed E-state index contributed by atoms with van der Waals surface area (Å²) in [6, 6.07) is 0. The van der Waals surface area contributed by atoms with Gasteiger partial charge in [-0.25, -0.2) is 4.98 Å². The zero-order valence-electron chi connectivity index (χ0n) is 12.6. The Bertz CT molecular complexity index is 409. The number of hydrogen-bond donors (Lipinski definition) is 1. The number of hydrogen-bond acceptors (Lipinski definition) is 4. The van der Waals surface area contributed by atoms with Crippen molar-refractivity contribution in [1.29, 1.82) is 0 Å². The maximum atomic E-state index is 11.4. The lowest BCUT2D eigenvalue weighted by atomic mass is 9.92. The SMILES string of the molecule is CCN(C(C)=O)c1nc(CNCCC(C)(C)C)cs1. The molecule has 1 amide bonds. The van der Waals surface area contributed by atoms with Crippen molar-refractivity contribution in [2.24, 2.45) is 5.41 Å². The number of nitrogens with one attached hydrogen (secondary N) is 1. The lowest BCUT2D eigenvalue weighted by Crippen LogP contribution is -2.27. The fourth-order valence-electron chi connectivity index (χ4n) is 1.67. The summed E-state index contributed by atoms with van der Waals surface area (Å²) < 4.78 is 0. The lowest BCUT2D eigenvalue weighted by molar-refractivity contribution is -0.116. The van der Waals surface area contributed by atoms with E-state index in [0.29, 0.717) is 12.0 Å². The number of amides is 1. The summed E-state index contributed by atoms with van der Waals surface area (Å²) in [5, 5.41) is 6.21. The van der Waals surface area contributed by atoms with Gasteiger partial charge in [-0.1, -0.05) is 20.8 Å². The summed E-state index contributed by atoms with van der Waals surface area (Å²) in [6.07, 6.45) is 1.14. The van der Waals surface area contributed by atoms with Gasteiger partial charge in [0.2, 0.25) is 5.91 Å². The summed E-state index contributed by atoms with van der Waals surface area (Å²) in [7, 11) is 0. The van der Waals surface area contributed by atoms with E-state index in [1.54, 1.807) is 11.8 Å². The maximum absolute atomic E-state index is 11.4. The Morgan fingerprint density at radius 2 is 2.16 bits per heavy atom. The van der Waals surface area contributed by atoms with Crippen LogP contribution >= 0.6 is 11.3 Å². The van der Waals surface area contributed by atoms with Crippen LogP contribution in [0, 0.1) is 5.41 Å². The van der Waals surface area contributed by atoms with E-state index in [1.165, 1.54) is 11.3 Å². The first-order valence-corrected chi connectivity index (χ1v) is 7.64. The van der Waals surface area contributed by atoms with Crippen LogP contribution in [0.5, 0.6) is 0 Å². The molecule has 1 aromatic heterocycles. The minimum Gasteiger partial charge on any atom is -0.311 e. The normalized spacial score (nSPS) is 11.6. The minimum absolute atomic E-state index is 0.0455. The minimum atomic E-state index is 0.0455. The van der Waals surface area contributed by atoms with Crippen LogP contribution in [-0.4, -0.2) is 24.0 Å². The van der Waals surface area contributed by atoms with Crippen LogP contribution in [0.2, 0.25) is 0 Å². The zero-order chi connectivity index (χ0) is 14.5. The lowest BCUT2D eigenvalue weighted by Gasteiger charge is -2.17.